The maximum Gasteiger partial charge on any atom is 0.316 e. The quantitative estimate of drug-likeness (QED) is 0.735. The summed E-state index contributed by atoms with van der Waals surface area (Å²) in [7, 11) is 1.49. The molecule has 3 rings (SSSR count). The second-order valence-electron chi connectivity index (χ2n) is 4.55. The number of halogens is 2. The van der Waals surface area contributed by atoms with E-state index in [0.717, 1.165) is 6.20 Å². The number of methoxy groups -OCH3 is 1. The molecule has 1 heterocycles. The lowest BCUT2D eigenvalue weighted by molar-refractivity contribution is 0.0379. The lowest BCUT2D eigenvalue weighted by Crippen LogP contribution is -2.17. The van der Waals surface area contributed by atoms with Crippen LogP contribution < -0.4 is 4.74 Å². The van der Waals surface area contributed by atoms with E-state index in [1.54, 1.807) is 24.3 Å². The lowest BCUT2D eigenvalue weighted by Gasteiger charge is -2.16. The molecule has 0 aliphatic rings. The summed E-state index contributed by atoms with van der Waals surface area (Å²) >= 11 is 0. The highest BCUT2D eigenvalue weighted by Gasteiger charge is 2.36. The summed E-state index contributed by atoms with van der Waals surface area (Å²) in [5.41, 5.74) is 0.522. The molecule has 0 radical (unpaired) electrons. The molecule has 0 atom stereocenters. The Morgan fingerprint density at radius 1 is 0.952 bits per heavy atom. The van der Waals surface area contributed by atoms with Gasteiger partial charge in [-0.15, -0.1) is 0 Å². The van der Waals surface area contributed by atoms with Crippen LogP contribution in [0.2, 0.25) is 0 Å². The molecule has 3 nitrogen and oxygen atoms in total. The minimum absolute atomic E-state index is 0.145. The third kappa shape index (κ3) is 2.42. The number of hydrogen-bond acceptors (Lipinski definition) is 3. The van der Waals surface area contributed by atoms with Crippen LogP contribution in [0.5, 0.6) is 5.75 Å². The highest BCUT2D eigenvalue weighted by atomic mass is 19.3. The molecule has 106 valence electrons. The van der Waals surface area contributed by atoms with E-state index in [0.29, 0.717) is 16.8 Å². The molecule has 0 aliphatic heterocycles. The number of benzene rings is 2. The number of hydrogen-bond donors (Lipinski definition) is 0. The molecule has 0 fully saturated rings. The van der Waals surface area contributed by atoms with Gasteiger partial charge in [-0.25, -0.2) is 4.98 Å². The van der Waals surface area contributed by atoms with Crippen molar-refractivity contribution in [3.8, 4) is 5.75 Å². The van der Waals surface area contributed by atoms with Crippen LogP contribution in [0.4, 0.5) is 8.78 Å². The van der Waals surface area contributed by atoms with E-state index in [1.807, 2.05) is 0 Å². The van der Waals surface area contributed by atoms with Crippen LogP contribution in [0, 0.1) is 0 Å². The van der Waals surface area contributed by atoms with Crippen molar-refractivity contribution in [3.63, 3.8) is 0 Å². The Morgan fingerprint density at radius 3 is 2.29 bits per heavy atom. The monoisotopic (exact) mass is 286 g/mol. The van der Waals surface area contributed by atoms with E-state index < -0.39 is 5.92 Å². The van der Waals surface area contributed by atoms with Crippen LogP contribution in [0.1, 0.15) is 11.3 Å². The highest BCUT2D eigenvalue weighted by Crippen LogP contribution is 2.35. The summed E-state index contributed by atoms with van der Waals surface area (Å²) in [6, 6.07) is 12.6. The van der Waals surface area contributed by atoms with Gasteiger partial charge in [0.15, 0.2) is 0 Å². The Labute approximate surface area is 120 Å². The maximum atomic E-state index is 14.5. The third-order valence-electron chi connectivity index (χ3n) is 3.22. The molecular formula is C16H12F2N2O. The number of alkyl halides is 2. The highest BCUT2D eigenvalue weighted by molar-refractivity contribution is 5.73. The molecule has 0 aliphatic carbocycles. The first-order chi connectivity index (χ1) is 10.1. The molecule has 1 aromatic heterocycles. The summed E-state index contributed by atoms with van der Waals surface area (Å²) in [5.74, 6) is -2.68. The fraction of sp³-hybridized carbons (Fsp3) is 0.125. The summed E-state index contributed by atoms with van der Waals surface area (Å²) in [5, 5.41) is 0. The first-order valence-corrected chi connectivity index (χ1v) is 6.36. The summed E-state index contributed by atoms with van der Waals surface area (Å²) in [4.78, 5) is 8.06. The van der Waals surface area contributed by atoms with Crippen molar-refractivity contribution < 1.29 is 13.5 Å². The fourth-order valence-corrected chi connectivity index (χ4v) is 2.06. The van der Waals surface area contributed by atoms with Gasteiger partial charge in [0, 0.05) is 5.56 Å². The Balaban J connectivity index is 2.05. The Hall–Kier alpha value is -2.56. The second-order valence-corrected chi connectivity index (χ2v) is 4.55. The van der Waals surface area contributed by atoms with Crippen LogP contribution in [0.3, 0.4) is 0 Å². The van der Waals surface area contributed by atoms with Crippen molar-refractivity contribution >= 4 is 11.0 Å². The maximum absolute atomic E-state index is 14.5. The van der Waals surface area contributed by atoms with Crippen molar-refractivity contribution in [1.29, 1.82) is 0 Å². The van der Waals surface area contributed by atoms with Gasteiger partial charge in [-0.05, 0) is 36.4 Å². The van der Waals surface area contributed by atoms with Gasteiger partial charge >= 0.3 is 5.92 Å². The van der Waals surface area contributed by atoms with Gasteiger partial charge in [0.25, 0.3) is 0 Å². The Kier molecular flexibility index (Phi) is 3.25. The van der Waals surface area contributed by atoms with Gasteiger partial charge in [0.1, 0.15) is 11.4 Å². The average Bonchev–Trinajstić information content (AvgIpc) is 2.54. The fourth-order valence-electron chi connectivity index (χ4n) is 2.06. The van der Waals surface area contributed by atoms with E-state index in [-0.39, 0.29) is 11.3 Å². The summed E-state index contributed by atoms with van der Waals surface area (Å²) in [6.45, 7) is 0. The van der Waals surface area contributed by atoms with Crippen molar-refractivity contribution in [2.75, 3.05) is 7.11 Å². The SMILES string of the molecule is COc1ccc(C(F)(F)c2cnc3ccccc3n2)cc1. The molecule has 3 aromatic rings. The number of ether oxygens (including phenoxy) is 1. The average molecular weight is 286 g/mol. The largest absolute Gasteiger partial charge is 0.497 e. The zero-order valence-electron chi connectivity index (χ0n) is 11.3. The Morgan fingerprint density at radius 2 is 1.62 bits per heavy atom. The molecule has 0 amide bonds. The zero-order valence-corrected chi connectivity index (χ0v) is 11.3. The van der Waals surface area contributed by atoms with Crippen LogP contribution >= 0.6 is 0 Å². The third-order valence-corrected chi connectivity index (χ3v) is 3.22. The summed E-state index contributed by atoms with van der Waals surface area (Å²) < 4.78 is 34.0. The molecule has 0 bridgehead atoms. The predicted molar refractivity (Wildman–Crippen MR) is 75.5 cm³/mol. The standard InChI is InChI=1S/C16H12F2N2O/c1-21-12-8-6-11(7-9-12)16(17,18)15-10-19-13-4-2-3-5-14(13)20-15/h2-10H,1H3. The van der Waals surface area contributed by atoms with Gasteiger partial charge in [0.2, 0.25) is 0 Å². The molecule has 5 heteroatoms. The number of fused-ring (bicyclic) bond motifs is 1. The molecule has 0 spiro atoms. The number of nitrogens with zero attached hydrogens (tertiary/aromatic N) is 2. The van der Waals surface area contributed by atoms with E-state index in [2.05, 4.69) is 9.97 Å². The second kappa shape index (κ2) is 5.09. The van der Waals surface area contributed by atoms with E-state index in [1.165, 1.54) is 31.4 Å². The molecular weight excluding hydrogens is 274 g/mol. The molecule has 21 heavy (non-hydrogen) atoms. The number of aromatic nitrogens is 2. The van der Waals surface area contributed by atoms with Crippen LogP contribution in [-0.4, -0.2) is 17.1 Å². The van der Waals surface area contributed by atoms with Gasteiger partial charge in [-0.1, -0.05) is 12.1 Å². The normalized spacial score (nSPS) is 11.6. The zero-order chi connectivity index (χ0) is 14.9. The lowest BCUT2D eigenvalue weighted by atomic mass is 10.1. The van der Waals surface area contributed by atoms with Gasteiger partial charge in [-0.2, -0.15) is 8.78 Å². The van der Waals surface area contributed by atoms with Crippen LogP contribution in [0.25, 0.3) is 11.0 Å². The predicted octanol–water partition coefficient (Wildman–Crippen LogP) is 3.78. The number of rotatable bonds is 3. The van der Waals surface area contributed by atoms with Crippen molar-refractivity contribution in [2.45, 2.75) is 5.92 Å². The molecule has 0 N–H and O–H groups in total. The van der Waals surface area contributed by atoms with E-state index in [4.69, 9.17) is 4.74 Å². The summed E-state index contributed by atoms with van der Waals surface area (Å²) in [6.07, 6.45) is 1.12. The van der Waals surface area contributed by atoms with E-state index >= 15 is 0 Å². The Bertz CT molecular complexity index is 773. The van der Waals surface area contributed by atoms with Crippen molar-refractivity contribution in [3.05, 3.63) is 66.0 Å². The first-order valence-electron chi connectivity index (χ1n) is 6.36. The van der Waals surface area contributed by atoms with Gasteiger partial charge in [0.05, 0.1) is 24.3 Å². The van der Waals surface area contributed by atoms with Gasteiger partial charge in [-0.3, -0.25) is 4.98 Å². The minimum Gasteiger partial charge on any atom is -0.497 e. The van der Waals surface area contributed by atoms with Crippen LogP contribution in [0.15, 0.2) is 54.7 Å². The molecule has 0 saturated carbocycles. The van der Waals surface area contributed by atoms with Crippen molar-refractivity contribution in [1.82, 2.24) is 9.97 Å². The number of para-hydroxylation sites is 2. The van der Waals surface area contributed by atoms with Crippen molar-refractivity contribution in [2.24, 2.45) is 0 Å². The topological polar surface area (TPSA) is 35.0 Å². The first kappa shape index (κ1) is 13.4. The van der Waals surface area contributed by atoms with Gasteiger partial charge < -0.3 is 4.74 Å². The van der Waals surface area contributed by atoms with Crippen LogP contribution in [-0.2, 0) is 5.92 Å². The smallest absolute Gasteiger partial charge is 0.316 e. The molecule has 2 aromatic carbocycles. The molecule has 0 saturated heterocycles. The van der Waals surface area contributed by atoms with E-state index in [9.17, 15) is 8.78 Å². The molecule has 0 unspecified atom stereocenters. The minimum atomic E-state index is -3.21.